The predicted molar refractivity (Wildman–Crippen MR) is 97.8 cm³/mol. The van der Waals surface area contributed by atoms with E-state index in [0.717, 1.165) is 5.56 Å². The number of benzene rings is 1. The lowest BCUT2D eigenvalue weighted by atomic mass is 9.94. The lowest BCUT2D eigenvalue weighted by Crippen LogP contribution is -2.61. The van der Waals surface area contributed by atoms with Gasteiger partial charge in [-0.25, -0.2) is 4.79 Å². The summed E-state index contributed by atoms with van der Waals surface area (Å²) in [5.41, 5.74) is -0.0590. The van der Waals surface area contributed by atoms with Crippen LogP contribution in [0.4, 0.5) is 39.5 Å². The zero-order chi connectivity index (χ0) is 25.7. The third-order valence-corrected chi connectivity index (χ3v) is 4.55. The van der Waals surface area contributed by atoms with Crippen molar-refractivity contribution in [2.75, 3.05) is 33.5 Å². The number of ether oxygens (including phenoxy) is 3. The van der Waals surface area contributed by atoms with Gasteiger partial charge in [0.1, 0.15) is 6.61 Å². The van der Waals surface area contributed by atoms with E-state index < -0.39 is 55.0 Å². The first-order chi connectivity index (χ1) is 14.9. The monoisotopic (exact) mass is 498 g/mol. The number of halogens is 9. The summed E-state index contributed by atoms with van der Waals surface area (Å²) in [6, 6.07) is 6.32. The Labute approximate surface area is 184 Å². The summed E-state index contributed by atoms with van der Waals surface area (Å²) in [5.74, 6) is -20.1. The summed E-state index contributed by atoms with van der Waals surface area (Å²) in [7, 11) is 1.26. The fraction of sp³-hybridized carbons (Fsp3) is 0.650. The van der Waals surface area contributed by atoms with Gasteiger partial charge in [0, 0.05) is 18.9 Å². The Morgan fingerprint density at radius 3 is 1.88 bits per heavy atom. The largest absolute Gasteiger partial charge is 0.461 e. The van der Waals surface area contributed by atoms with E-state index in [1.807, 2.05) is 0 Å². The Hall–Kier alpha value is -2.02. The molecule has 0 radical (unpaired) electrons. The van der Waals surface area contributed by atoms with Crippen LogP contribution in [0.1, 0.15) is 29.3 Å². The third-order valence-electron chi connectivity index (χ3n) is 4.55. The highest BCUT2D eigenvalue weighted by molar-refractivity contribution is 5.89. The normalized spacial score (nSPS) is 15.3. The fourth-order valence-electron chi connectivity index (χ4n) is 2.57. The van der Waals surface area contributed by atoms with E-state index in [1.165, 1.54) is 26.2 Å². The predicted octanol–water partition coefficient (Wildman–Crippen LogP) is 5.68. The molecular weight excluding hydrogens is 475 g/mol. The molecule has 0 fully saturated rings. The van der Waals surface area contributed by atoms with E-state index in [0.29, 0.717) is 0 Å². The van der Waals surface area contributed by atoms with Gasteiger partial charge in [-0.15, -0.1) is 0 Å². The molecule has 0 aliphatic rings. The minimum absolute atomic E-state index is 0.146. The average Bonchev–Trinajstić information content (AvgIpc) is 2.69. The molecule has 0 spiro atoms. The third kappa shape index (κ3) is 6.98. The maximum atomic E-state index is 13.6. The number of carbonyl (C=O) groups is 1. The summed E-state index contributed by atoms with van der Waals surface area (Å²) < 4.78 is 131. The van der Waals surface area contributed by atoms with Crippen LogP contribution >= 0.6 is 0 Å². The number of hydrogen-bond acceptors (Lipinski definition) is 4. The number of esters is 1. The molecule has 0 aliphatic carbocycles. The van der Waals surface area contributed by atoms with Crippen molar-refractivity contribution in [1.29, 1.82) is 0 Å². The molecule has 0 amide bonds. The molecule has 33 heavy (non-hydrogen) atoms. The summed E-state index contributed by atoms with van der Waals surface area (Å²) in [5, 5.41) is 0. The van der Waals surface area contributed by atoms with Crippen molar-refractivity contribution < 1.29 is 58.5 Å². The van der Waals surface area contributed by atoms with Gasteiger partial charge < -0.3 is 14.2 Å². The van der Waals surface area contributed by atoms with Crippen molar-refractivity contribution in [3.05, 3.63) is 35.4 Å². The van der Waals surface area contributed by atoms with E-state index in [-0.39, 0.29) is 18.8 Å². The number of methoxy groups -OCH3 is 1. The smallest absolute Gasteiger partial charge is 0.460 e. The SMILES string of the molecule is COCC(C)(COCCC(F)(F)C(F)(F)C(F)(F)C(F)(F)F)COC(=O)c1ccc(C)cc1. The van der Waals surface area contributed by atoms with Crippen LogP contribution in [0.15, 0.2) is 24.3 Å². The summed E-state index contributed by atoms with van der Waals surface area (Å²) >= 11 is 0. The molecule has 0 saturated heterocycles. The van der Waals surface area contributed by atoms with Crippen LogP contribution in [0.2, 0.25) is 0 Å². The van der Waals surface area contributed by atoms with Crippen molar-refractivity contribution in [2.45, 2.75) is 44.2 Å². The number of rotatable bonds is 12. The molecule has 1 atom stereocenters. The van der Waals surface area contributed by atoms with Gasteiger partial charge in [-0.2, -0.15) is 39.5 Å². The first kappa shape index (κ1) is 29.0. The second kappa shape index (κ2) is 10.5. The van der Waals surface area contributed by atoms with Crippen LogP contribution in [0, 0.1) is 12.3 Å². The standard InChI is InChI=1S/C20H23F9O4/c1-13-4-6-14(7-5-13)15(30)33-12-16(2,10-31-3)11-32-9-8-17(21,22)18(23,24)19(25,26)20(27,28)29/h4-7H,8-12H2,1-3H3. The van der Waals surface area contributed by atoms with Crippen molar-refractivity contribution >= 4 is 5.97 Å². The molecule has 0 saturated carbocycles. The average molecular weight is 498 g/mol. The van der Waals surface area contributed by atoms with Crippen molar-refractivity contribution in [1.82, 2.24) is 0 Å². The van der Waals surface area contributed by atoms with Crippen molar-refractivity contribution in [3.8, 4) is 0 Å². The summed E-state index contributed by atoms with van der Waals surface area (Å²) in [6.07, 6.45) is -8.99. The molecule has 1 rings (SSSR count). The van der Waals surface area contributed by atoms with Crippen LogP contribution in [-0.4, -0.2) is 63.5 Å². The van der Waals surface area contributed by atoms with Gasteiger partial charge in [-0.1, -0.05) is 24.6 Å². The molecule has 0 aliphatic heterocycles. The van der Waals surface area contributed by atoms with Crippen molar-refractivity contribution in [2.24, 2.45) is 5.41 Å². The highest BCUT2D eigenvalue weighted by Gasteiger charge is 2.81. The first-order valence-electron chi connectivity index (χ1n) is 9.41. The number of carbonyl (C=O) groups excluding carboxylic acids is 1. The molecule has 190 valence electrons. The van der Waals surface area contributed by atoms with Crippen LogP contribution in [0.5, 0.6) is 0 Å². The zero-order valence-electron chi connectivity index (χ0n) is 17.9. The number of hydrogen-bond donors (Lipinski definition) is 0. The van der Waals surface area contributed by atoms with Crippen LogP contribution in [0.3, 0.4) is 0 Å². The molecule has 0 aromatic heterocycles. The second-order valence-corrected chi connectivity index (χ2v) is 7.84. The van der Waals surface area contributed by atoms with Gasteiger partial charge in [-0.05, 0) is 19.1 Å². The van der Waals surface area contributed by atoms with Gasteiger partial charge in [0.15, 0.2) is 0 Å². The molecule has 1 aromatic rings. The van der Waals surface area contributed by atoms with Crippen LogP contribution < -0.4 is 0 Å². The van der Waals surface area contributed by atoms with Crippen LogP contribution in [0.25, 0.3) is 0 Å². The topological polar surface area (TPSA) is 44.8 Å². The number of alkyl halides is 9. The van der Waals surface area contributed by atoms with E-state index in [2.05, 4.69) is 0 Å². The highest BCUT2D eigenvalue weighted by atomic mass is 19.4. The van der Waals surface area contributed by atoms with Gasteiger partial charge in [-0.3, -0.25) is 0 Å². The minimum atomic E-state index is -6.95. The lowest BCUT2D eigenvalue weighted by molar-refractivity contribution is -0.397. The van der Waals surface area contributed by atoms with E-state index in [4.69, 9.17) is 14.2 Å². The van der Waals surface area contributed by atoms with Gasteiger partial charge >= 0.3 is 29.9 Å². The van der Waals surface area contributed by atoms with E-state index in [9.17, 15) is 44.3 Å². The Morgan fingerprint density at radius 2 is 1.39 bits per heavy atom. The number of aryl methyl sites for hydroxylation is 1. The Bertz CT molecular complexity index is 779. The van der Waals surface area contributed by atoms with E-state index >= 15 is 0 Å². The molecule has 4 nitrogen and oxygen atoms in total. The van der Waals surface area contributed by atoms with Crippen LogP contribution in [-0.2, 0) is 14.2 Å². The Morgan fingerprint density at radius 1 is 0.848 bits per heavy atom. The molecule has 13 heteroatoms. The molecule has 0 heterocycles. The summed E-state index contributed by atoms with van der Waals surface area (Å²) in [4.78, 5) is 12.1. The second-order valence-electron chi connectivity index (χ2n) is 7.84. The maximum absolute atomic E-state index is 13.6. The first-order valence-corrected chi connectivity index (χ1v) is 9.41. The summed E-state index contributed by atoms with van der Waals surface area (Å²) in [6.45, 7) is 0.940. The maximum Gasteiger partial charge on any atom is 0.460 e. The Kier molecular flexibility index (Phi) is 9.23. The lowest BCUT2D eigenvalue weighted by Gasteiger charge is -2.34. The quantitative estimate of drug-likeness (QED) is 0.211. The molecular formula is C20H23F9O4. The zero-order valence-corrected chi connectivity index (χ0v) is 17.9. The van der Waals surface area contributed by atoms with E-state index in [1.54, 1.807) is 19.1 Å². The van der Waals surface area contributed by atoms with Gasteiger partial charge in [0.2, 0.25) is 0 Å². The minimum Gasteiger partial charge on any atom is -0.461 e. The Balaban J connectivity index is 2.71. The van der Waals surface area contributed by atoms with Gasteiger partial charge in [0.25, 0.3) is 0 Å². The molecule has 1 aromatic carbocycles. The van der Waals surface area contributed by atoms with Crippen molar-refractivity contribution in [3.63, 3.8) is 0 Å². The van der Waals surface area contributed by atoms with Gasteiger partial charge in [0.05, 0.1) is 25.4 Å². The molecule has 0 N–H and O–H groups in total. The fourth-order valence-corrected chi connectivity index (χ4v) is 2.57. The molecule has 1 unspecified atom stereocenters. The molecule has 0 bridgehead atoms. The highest BCUT2D eigenvalue weighted by Crippen LogP contribution is 2.53.